The quantitative estimate of drug-likeness (QED) is 0.879. The molecule has 1 aliphatic carbocycles. The number of nitrogens with zero attached hydrogens (tertiary/aromatic N) is 2. The minimum absolute atomic E-state index is 0.180. The predicted octanol–water partition coefficient (Wildman–Crippen LogP) is 0.676. The second-order valence-corrected chi connectivity index (χ2v) is 6.42. The van der Waals surface area contributed by atoms with Crippen molar-refractivity contribution in [3.63, 3.8) is 0 Å². The molecule has 3 fully saturated rings. The van der Waals surface area contributed by atoms with Crippen molar-refractivity contribution >= 4 is 5.91 Å². The number of benzene rings is 1. The van der Waals surface area contributed by atoms with Crippen molar-refractivity contribution in [3.8, 4) is 0 Å². The van der Waals surface area contributed by atoms with Crippen molar-refractivity contribution in [2.75, 3.05) is 19.6 Å². The first kappa shape index (κ1) is 12.4. The molecule has 4 rings (SSSR count). The van der Waals surface area contributed by atoms with Crippen LogP contribution in [0.1, 0.15) is 12.0 Å². The molecule has 3 unspecified atom stereocenters. The maximum atomic E-state index is 12.0. The van der Waals surface area contributed by atoms with Crippen LogP contribution in [0.2, 0.25) is 0 Å². The lowest BCUT2D eigenvalue weighted by molar-refractivity contribution is -0.129. The molecule has 0 bridgehead atoms. The second kappa shape index (κ2) is 4.57. The van der Waals surface area contributed by atoms with E-state index in [0.29, 0.717) is 17.9 Å². The van der Waals surface area contributed by atoms with Gasteiger partial charge in [0.15, 0.2) is 0 Å². The molecule has 4 heteroatoms. The maximum Gasteiger partial charge on any atom is 0.239 e. The Hall–Kier alpha value is -1.39. The van der Waals surface area contributed by atoms with Gasteiger partial charge in [-0.3, -0.25) is 9.69 Å². The van der Waals surface area contributed by atoms with Gasteiger partial charge in [-0.05, 0) is 23.8 Å². The van der Waals surface area contributed by atoms with Gasteiger partial charge >= 0.3 is 0 Å². The molecule has 20 heavy (non-hydrogen) atoms. The number of hydrogen-bond donors (Lipinski definition) is 1. The van der Waals surface area contributed by atoms with Crippen LogP contribution < -0.4 is 5.73 Å². The zero-order chi connectivity index (χ0) is 13.7. The van der Waals surface area contributed by atoms with Crippen LogP contribution in [-0.2, 0) is 11.3 Å². The van der Waals surface area contributed by atoms with Crippen LogP contribution in [0.15, 0.2) is 30.3 Å². The fourth-order valence-corrected chi connectivity index (χ4v) is 4.04. The van der Waals surface area contributed by atoms with E-state index in [-0.39, 0.29) is 11.9 Å². The van der Waals surface area contributed by atoms with Crippen molar-refractivity contribution in [2.45, 2.75) is 25.0 Å². The van der Waals surface area contributed by atoms with E-state index >= 15 is 0 Å². The molecule has 2 saturated heterocycles. The zero-order valence-corrected chi connectivity index (χ0v) is 11.6. The van der Waals surface area contributed by atoms with Crippen LogP contribution in [0, 0.1) is 11.8 Å². The Bertz CT molecular complexity index is 506. The lowest BCUT2D eigenvalue weighted by Crippen LogP contribution is -2.39. The average molecular weight is 271 g/mol. The molecule has 2 aliphatic heterocycles. The second-order valence-electron chi connectivity index (χ2n) is 6.42. The molecule has 2 heterocycles. The van der Waals surface area contributed by atoms with Crippen LogP contribution in [0.25, 0.3) is 0 Å². The molecule has 0 spiro atoms. The Balaban J connectivity index is 1.34. The Labute approximate surface area is 119 Å². The summed E-state index contributed by atoms with van der Waals surface area (Å²) in [5, 5.41) is 0. The third-order valence-corrected chi connectivity index (χ3v) is 5.11. The van der Waals surface area contributed by atoms with Gasteiger partial charge in [-0.15, -0.1) is 0 Å². The first-order chi connectivity index (χ1) is 9.74. The van der Waals surface area contributed by atoms with E-state index in [1.165, 1.54) is 5.56 Å². The van der Waals surface area contributed by atoms with Crippen molar-refractivity contribution in [3.05, 3.63) is 35.9 Å². The molecule has 1 amide bonds. The highest BCUT2D eigenvalue weighted by Gasteiger charge is 2.60. The van der Waals surface area contributed by atoms with E-state index in [2.05, 4.69) is 40.1 Å². The average Bonchev–Trinajstić information content (AvgIpc) is 2.80. The summed E-state index contributed by atoms with van der Waals surface area (Å²) < 4.78 is 0. The molecule has 0 aromatic heterocycles. The van der Waals surface area contributed by atoms with Gasteiger partial charge in [-0.1, -0.05) is 30.3 Å². The lowest BCUT2D eigenvalue weighted by atomic mass is 10.2. The van der Waals surface area contributed by atoms with Gasteiger partial charge in [0, 0.05) is 32.2 Å². The number of fused-ring (bicyclic) bond motifs is 1. The van der Waals surface area contributed by atoms with Gasteiger partial charge in [0.05, 0.1) is 6.04 Å². The van der Waals surface area contributed by atoms with E-state index in [9.17, 15) is 4.79 Å². The van der Waals surface area contributed by atoms with Crippen molar-refractivity contribution in [2.24, 2.45) is 17.6 Å². The van der Waals surface area contributed by atoms with Crippen LogP contribution >= 0.6 is 0 Å². The fraction of sp³-hybridized carbons (Fsp3) is 0.562. The summed E-state index contributed by atoms with van der Waals surface area (Å²) in [5.41, 5.74) is 7.19. The Morgan fingerprint density at radius 3 is 2.45 bits per heavy atom. The van der Waals surface area contributed by atoms with Crippen molar-refractivity contribution in [1.29, 1.82) is 0 Å². The SMILES string of the molecule is NC1CCN(C2C3CN(Cc4ccccc4)CC32)C1=O. The maximum absolute atomic E-state index is 12.0. The topological polar surface area (TPSA) is 49.6 Å². The summed E-state index contributed by atoms with van der Waals surface area (Å²) in [5.74, 6) is 1.56. The van der Waals surface area contributed by atoms with E-state index < -0.39 is 0 Å². The number of nitrogens with two attached hydrogens (primary N) is 1. The normalized spacial score (nSPS) is 36.5. The number of piperidine rings is 1. The Morgan fingerprint density at radius 2 is 1.85 bits per heavy atom. The summed E-state index contributed by atoms with van der Waals surface area (Å²) in [6.07, 6.45) is 0.836. The third-order valence-electron chi connectivity index (χ3n) is 5.11. The molecule has 3 atom stereocenters. The van der Waals surface area contributed by atoms with Gasteiger partial charge < -0.3 is 10.6 Å². The molecule has 1 aromatic carbocycles. The predicted molar refractivity (Wildman–Crippen MR) is 76.8 cm³/mol. The highest BCUT2D eigenvalue weighted by molar-refractivity contribution is 5.84. The van der Waals surface area contributed by atoms with Crippen LogP contribution in [0.5, 0.6) is 0 Å². The van der Waals surface area contributed by atoms with Gasteiger partial charge in [0.25, 0.3) is 0 Å². The number of likely N-dealkylation sites (tertiary alicyclic amines) is 2. The highest BCUT2D eigenvalue weighted by atomic mass is 16.2. The van der Waals surface area contributed by atoms with Gasteiger partial charge in [-0.2, -0.15) is 0 Å². The number of carbonyl (C=O) groups is 1. The first-order valence-electron chi connectivity index (χ1n) is 7.56. The Morgan fingerprint density at radius 1 is 1.15 bits per heavy atom. The minimum atomic E-state index is -0.239. The zero-order valence-electron chi connectivity index (χ0n) is 11.6. The summed E-state index contributed by atoms with van der Waals surface area (Å²) in [6.45, 7) is 4.16. The largest absolute Gasteiger partial charge is 0.338 e. The number of carbonyl (C=O) groups excluding carboxylic acids is 1. The standard InChI is InChI=1S/C16H21N3O/c17-14-6-7-19(16(14)20)15-12-9-18(10-13(12)15)8-11-4-2-1-3-5-11/h1-5,12-15H,6-10,17H2. The van der Waals surface area contributed by atoms with E-state index in [1.807, 2.05) is 0 Å². The molecule has 4 nitrogen and oxygen atoms in total. The van der Waals surface area contributed by atoms with Gasteiger partial charge in [-0.25, -0.2) is 0 Å². The molecule has 1 aromatic rings. The summed E-state index contributed by atoms with van der Waals surface area (Å²) >= 11 is 0. The minimum Gasteiger partial charge on any atom is -0.338 e. The summed E-state index contributed by atoms with van der Waals surface area (Å²) in [7, 11) is 0. The summed E-state index contributed by atoms with van der Waals surface area (Å²) in [6, 6.07) is 10.9. The van der Waals surface area contributed by atoms with Crippen molar-refractivity contribution < 1.29 is 4.79 Å². The fourth-order valence-electron chi connectivity index (χ4n) is 4.04. The van der Waals surface area contributed by atoms with Crippen LogP contribution in [0.4, 0.5) is 0 Å². The van der Waals surface area contributed by atoms with Crippen LogP contribution in [0.3, 0.4) is 0 Å². The Kier molecular flexibility index (Phi) is 2.82. The molecule has 3 aliphatic rings. The number of amides is 1. The van der Waals surface area contributed by atoms with Gasteiger partial charge in [0.1, 0.15) is 0 Å². The first-order valence-corrected chi connectivity index (χ1v) is 7.56. The third kappa shape index (κ3) is 1.95. The molecular weight excluding hydrogens is 250 g/mol. The summed E-state index contributed by atoms with van der Waals surface area (Å²) in [4.78, 5) is 16.5. The van der Waals surface area contributed by atoms with E-state index in [1.54, 1.807) is 0 Å². The number of hydrogen-bond acceptors (Lipinski definition) is 3. The van der Waals surface area contributed by atoms with Gasteiger partial charge in [0.2, 0.25) is 5.91 Å². The number of rotatable bonds is 3. The highest BCUT2D eigenvalue weighted by Crippen LogP contribution is 2.50. The van der Waals surface area contributed by atoms with Crippen LogP contribution in [-0.4, -0.2) is 47.4 Å². The molecule has 106 valence electrons. The molecule has 0 radical (unpaired) electrons. The van der Waals surface area contributed by atoms with E-state index in [4.69, 9.17) is 5.73 Å². The van der Waals surface area contributed by atoms with E-state index in [0.717, 1.165) is 32.6 Å². The molecular formula is C16H21N3O. The molecule has 2 N–H and O–H groups in total. The smallest absolute Gasteiger partial charge is 0.239 e. The monoisotopic (exact) mass is 271 g/mol. The lowest BCUT2D eigenvalue weighted by Gasteiger charge is -2.24. The molecule has 1 saturated carbocycles. The van der Waals surface area contributed by atoms with Crippen molar-refractivity contribution in [1.82, 2.24) is 9.80 Å².